The zero-order valence-electron chi connectivity index (χ0n) is 10.5. The van der Waals surface area contributed by atoms with E-state index in [0.717, 1.165) is 31.4 Å². The van der Waals surface area contributed by atoms with Gasteiger partial charge in [0.2, 0.25) is 0 Å². The van der Waals surface area contributed by atoms with Crippen LogP contribution in [-0.4, -0.2) is 19.0 Å². The lowest BCUT2D eigenvalue weighted by Crippen LogP contribution is -2.24. The highest BCUT2D eigenvalue weighted by molar-refractivity contribution is 5.94. The van der Waals surface area contributed by atoms with Crippen molar-refractivity contribution in [3.05, 3.63) is 35.4 Å². The van der Waals surface area contributed by atoms with Crippen LogP contribution in [0.15, 0.2) is 24.3 Å². The summed E-state index contributed by atoms with van der Waals surface area (Å²) in [7, 11) is 0. The molecule has 0 fully saturated rings. The Morgan fingerprint density at radius 2 is 1.94 bits per heavy atom. The number of unbranched alkanes of at least 4 members (excludes halogenated alkanes) is 2. The van der Waals surface area contributed by atoms with Gasteiger partial charge in [0.15, 0.2) is 0 Å². The molecule has 17 heavy (non-hydrogen) atoms. The number of nitrogens with two attached hydrogens (primary N) is 1. The summed E-state index contributed by atoms with van der Waals surface area (Å²) in [5.41, 5.74) is 7.37. The molecule has 0 heterocycles. The van der Waals surface area contributed by atoms with Gasteiger partial charge in [-0.15, -0.1) is 0 Å². The Kier molecular flexibility index (Phi) is 6.33. The van der Waals surface area contributed by atoms with Gasteiger partial charge in [-0.2, -0.15) is 0 Å². The van der Waals surface area contributed by atoms with Gasteiger partial charge in [0, 0.05) is 12.1 Å². The largest absolute Gasteiger partial charge is 0.352 e. The van der Waals surface area contributed by atoms with Crippen LogP contribution in [0.4, 0.5) is 0 Å². The standard InChI is InChI=1S/C14H22N2O/c1-2-3-4-11-16-14(17)13-7-5-12(6-8-13)9-10-15/h5-8H,2-4,9-11,15H2,1H3,(H,16,17). The van der Waals surface area contributed by atoms with E-state index in [2.05, 4.69) is 12.2 Å². The average Bonchev–Trinajstić information content (AvgIpc) is 2.36. The molecule has 0 bridgehead atoms. The summed E-state index contributed by atoms with van der Waals surface area (Å²) in [5, 5.41) is 2.92. The Labute approximate surface area is 103 Å². The first kappa shape index (κ1) is 13.7. The van der Waals surface area contributed by atoms with Crippen LogP contribution in [-0.2, 0) is 6.42 Å². The van der Waals surface area contributed by atoms with E-state index in [0.29, 0.717) is 6.54 Å². The van der Waals surface area contributed by atoms with Crippen molar-refractivity contribution in [2.24, 2.45) is 5.73 Å². The molecule has 3 nitrogen and oxygen atoms in total. The first-order chi connectivity index (χ1) is 8.27. The highest BCUT2D eigenvalue weighted by Crippen LogP contribution is 2.05. The van der Waals surface area contributed by atoms with Gasteiger partial charge in [-0.3, -0.25) is 4.79 Å². The maximum absolute atomic E-state index is 11.7. The van der Waals surface area contributed by atoms with E-state index in [9.17, 15) is 4.79 Å². The molecule has 0 aliphatic rings. The summed E-state index contributed by atoms with van der Waals surface area (Å²) in [6.45, 7) is 3.55. The SMILES string of the molecule is CCCCCNC(=O)c1ccc(CCN)cc1. The van der Waals surface area contributed by atoms with Gasteiger partial charge < -0.3 is 11.1 Å². The minimum absolute atomic E-state index is 0.0143. The first-order valence-corrected chi connectivity index (χ1v) is 6.35. The Morgan fingerprint density at radius 1 is 1.24 bits per heavy atom. The van der Waals surface area contributed by atoms with E-state index in [1.54, 1.807) is 0 Å². The summed E-state index contributed by atoms with van der Waals surface area (Å²) in [6.07, 6.45) is 4.24. The third kappa shape index (κ3) is 5.00. The van der Waals surface area contributed by atoms with Gasteiger partial charge in [-0.05, 0) is 37.1 Å². The molecule has 0 saturated heterocycles. The van der Waals surface area contributed by atoms with Crippen LogP contribution >= 0.6 is 0 Å². The molecule has 0 aliphatic heterocycles. The summed E-state index contributed by atoms with van der Waals surface area (Å²) in [5.74, 6) is 0.0143. The summed E-state index contributed by atoms with van der Waals surface area (Å²) in [6, 6.07) is 7.65. The van der Waals surface area contributed by atoms with Gasteiger partial charge in [0.1, 0.15) is 0 Å². The van der Waals surface area contributed by atoms with Crippen molar-refractivity contribution in [2.75, 3.05) is 13.1 Å². The van der Waals surface area contributed by atoms with Crippen LogP contribution in [0.2, 0.25) is 0 Å². The molecule has 1 aromatic carbocycles. The number of nitrogens with one attached hydrogen (secondary N) is 1. The number of amides is 1. The van der Waals surface area contributed by atoms with Gasteiger partial charge in [-0.25, -0.2) is 0 Å². The van der Waals surface area contributed by atoms with E-state index in [-0.39, 0.29) is 5.91 Å². The molecule has 1 rings (SSSR count). The van der Waals surface area contributed by atoms with Gasteiger partial charge in [-0.1, -0.05) is 31.9 Å². The molecule has 3 heteroatoms. The Morgan fingerprint density at radius 3 is 2.53 bits per heavy atom. The van der Waals surface area contributed by atoms with E-state index >= 15 is 0 Å². The second-order valence-electron chi connectivity index (χ2n) is 4.20. The molecule has 94 valence electrons. The van der Waals surface area contributed by atoms with E-state index in [1.165, 1.54) is 12.0 Å². The smallest absolute Gasteiger partial charge is 0.251 e. The molecule has 0 spiro atoms. The van der Waals surface area contributed by atoms with Crippen LogP contribution < -0.4 is 11.1 Å². The lowest BCUT2D eigenvalue weighted by molar-refractivity contribution is 0.0953. The number of rotatable bonds is 7. The van der Waals surface area contributed by atoms with Crippen LogP contribution in [0, 0.1) is 0 Å². The lowest BCUT2D eigenvalue weighted by Gasteiger charge is -2.05. The van der Waals surface area contributed by atoms with Crippen LogP contribution in [0.1, 0.15) is 42.1 Å². The Balaban J connectivity index is 2.40. The monoisotopic (exact) mass is 234 g/mol. The third-order valence-corrected chi connectivity index (χ3v) is 2.72. The summed E-state index contributed by atoms with van der Waals surface area (Å²) < 4.78 is 0. The predicted octanol–water partition coefficient (Wildman–Crippen LogP) is 2.11. The fraction of sp³-hybridized carbons (Fsp3) is 0.500. The fourth-order valence-corrected chi connectivity index (χ4v) is 1.67. The maximum Gasteiger partial charge on any atom is 0.251 e. The molecule has 0 aromatic heterocycles. The predicted molar refractivity (Wildman–Crippen MR) is 71.1 cm³/mol. The molecule has 0 saturated carbocycles. The number of benzene rings is 1. The Hall–Kier alpha value is -1.35. The second kappa shape index (κ2) is 7.85. The zero-order valence-corrected chi connectivity index (χ0v) is 10.5. The maximum atomic E-state index is 11.7. The Bertz CT molecular complexity index is 333. The molecule has 0 unspecified atom stereocenters. The molecular formula is C14H22N2O. The summed E-state index contributed by atoms with van der Waals surface area (Å²) in [4.78, 5) is 11.7. The number of hydrogen-bond donors (Lipinski definition) is 2. The van der Waals surface area contributed by atoms with E-state index < -0.39 is 0 Å². The van der Waals surface area contributed by atoms with Crippen molar-refractivity contribution in [1.29, 1.82) is 0 Å². The second-order valence-corrected chi connectivity index (χ2v) is 4.20. The molecule has 0 radical (unpaired) electrons. The van der Waals surface area contributed by atoms with Crippen molar-refractivity contribution < 1.29 is 4.79 Å². The van der Waals surface area contributed by atoms with E-state index in [1.807, 2.05) is 24.3 Å². The highest BCUT2D eigenvalue weighted by Gasteiger charge is 2.03. The van der Waals surface area contributed by atoms with Crippen molar-refractivity contribution in [1.82, 2.24) is 5.32 Å². The van der Waals surface area contributed by atoms with Crippen molar-refractivity contribution >= 4 is 5.91 Å². The number of carbonyl (C=O) groups excluding carboxylic acids is 1. The zero-order chi connectivity index (χ0) is 12.5. The van der Waals surface area contributed by atoms with Crippen molar-refractivity contribution in [3.63, 3.8) is 0 Å². The normalized spacial score (nSPS) is 10.2. The minimum Gasteiger partial charge on any atom is -0.352 e. The molecule has 1 amide bonds. The fourth-order valence-electron chi connectivity index (χ4n) is 1.67. The first-order valence-electron chi connectivity index (χ1n) is 6.35. The third-order valence-electron chi connectivity index (χ3n) is 2.72. The minimum atomic E-state index is 0.0143. The van der Waals surface area contributed by atoms with Gasteiger partial charge >= 0.3 is 0 Å². The molecule has 0 aliphatic carbocycles. The molecule has 3 N–H and O–H groups in total. The van der Waals surface area contributed by atoms with E-state index in [4.69, 9.17) is 5.73 Å². The lowest BCUT2D eigenvalue weighted by atomic mass is 10.1. The van der Waals surface area contributed by atoms with Gasteiger partial charge in [0.05, 0.1) is 0 Å². The quantitative estimate of drug-likeness (QED) is 0.710. The molecular weight excluding hydrogens is 212 g/mol. The van der Waals surface area contributed by atoms with Crippen molar-refractivity contribution in [2.45, 2.75) is 32.6 Å². The van der Waals surface area contributed by atoms with Crippen LogP contribution in [0.3, 0.4) is 0 Å². The van der Waals surface area contributed by atoms with Crippen LogP contribution in [0.5, 0.6) is 0 Å². The molecule has 0 atom stereocenters. The molecule has 1 aromatic rings. The van der Waals surface area contributed by atoms with Crippen molar-refractivity contribution in [3.8, 4) is 0 Å². The highest BCUT2D eigenvalue weighted by atomic mass is 16.1. The van der Waals surface area contributed by atoms with Gasteiger partial charge in [0.25, 0.3) is 5.91 Å². The number of hydrogen-bond acceptors (Lipinski definition) is 2. The average molecular weight is 234 g/mol. The topological polar surface area (TPSA) is 55.1 Å². The number of carbonyl (C=O) groups is 1. The summed E-state index contributed by atoms with van der Waals surface area (Å²) >= 11 is 0. The van der Waals surface area contributed by atoms with Crippen LogP contribution in [0.25, 0.3) is 0 Å².